The lowest BCUT2D eigenvalue weighted by atomic mass is 10.5. The molecule has 0 aromatic carbocycles. The summed E-state index contributed by atoms with van der Waals surface area (Å²) in [5, 5.41) is 3.16. The highest BCUT2D eigenvalue weighted by atomic mass is 32.1. The molecule has 4 nitrogen and oxygen atoms in total. The Labute approximate surface area is 89.7 Å². The zero-order valence-electron chi connectivity index (χ0n) is 8.49. The van der Waals surface area contributed by atoms with Gasteiger partial charge >= 0.3 is 0 Å². The fourth-order valence-electron chi connectivity index (χ4n) is 0.724. The van der Waals surface area contributed by atoms with Gasteiger partial charge in [0.05, 0.1) is 0 Å². The molecule has 0 saturated carbocycles. The summed E-state index contributed by atoms with van der Waals surface area (Å²) in [6.07, 6.45) is 2.88. The van der Waals surface area contributed by atoms with Gasteiger partial charge in [-0.05, 0) is 25.2 Å². The van der Waals surface area contributed by atoms with Gasteiger partial charge in [0.15, 0.2) is 5.11 Å². The zero-order chi connectivity index (χ0) is 11.0. The molecule has 0 aromatic heterocycles. The van der Waals surface area contributed by atoms with E-state index in [1.165, 1.54) is 6.08 Å². The van der Waals surface area contributed by atoms with Crippen molar-refractivity contribution in [1.82, 2.24) is 10.2 Å². The third-order valence-corrected chi connectivity index (χ3v) is 1.92. The summed E-state index contributed by atoms with van der Waals surface area (Å²) < 4.78 is 0. The van der Waals surface area contributed by atoms with Crippen LogP contribution in [0.3, 0.4) is 0 Å². The van der Waals surface area contributed by atoms with Gasteiger partial charge in [-0.3, -0.25) is 4.79 Å². The van der Waals surface area contributed by atoms with Crippen LogP contribution >= 0.6 is 12.2 Å². The van der Waals surface area contributed by atoms with Gasteiger partial charge in [-0.15, -0.1) is 0 Å². The van der Waals surface area contributed by atoms with E-state index in [4.69, 9.17) is 12.2 Å². The van der Waals surface area contributed by atoms with Crippen molar-refractivity contribution in [2.45, 2.75) is 6.92 Å². The molecule has 0 aliphatic heterocycles. The SMILES string of the molecule is C=CC(=O)NCCN(C)C(=S)N=CC. The molecule has 0 bridgehead atoms. The van der Waals surface area contributed by atoms with Gasteiger partial charge in [-0.1, -0.05) is 6.58 Å². The summed E-state index contributed by atoms with van der Waals surface area (Å²) in [6, 6.07) is 0. The maximum absolute atomic E-state index is 10.8. The molecule has 0 aliphatic rings. The average Bonchev–Trinajstić information content (AvgIpc) is 2.17. The third kappa shape index (κ3) is 5.42. The van der Waals surface area contributed by atoms with E-state index in [2.05, 4.69) is 16.9 Å². The topological polar surface area (TPSA) is 44.7 Å². The Morgan fingerprint density at radius 1 is 1.71 bits per heavy atom. The lowest BCUT2D eigenvalue weighted by Crippen LogP contribution is -2.34. The van der Waals surface area contributed by atoms with Crippen LogP contribution in [-0.4, -0.2) is 42.3 Å². The fraction of sp³-hybridized carbons (Fsp3) is 0.444. The number of nitrogens with zero attached hydrogens (tertiary/aromatic N) is 2. The maximum Gasteiger partial charge on any atom is 0.243 e. The van der Waals surface area contributed by atoms with Gasteiger partial charge in [-0.2, -0.15) is 0 Å². The normalized spacial score (nSPS) is 9.86. The second-order valence-corrected chi connectivity index (χ2v) is 2.95. The minimum atomic E-state index is -0.177. The number of likely N-dealkylation sites (N-methyl/N-ethyl adjacent to an activating group) is 1. The Morgan fingerprint density at radius 3 is 2.86 bits per heavy atom. The Kier molecular flexibility index (Phi) is 6.57. The molecule has 0 aliphatic carbocycles. The van der Waals surface area contributed by atoms with Crippen LogP contribution in [0, 0.1) is 0 Å². The molecule has 0 fully saturated rings. The second kappa shape index (κ2) is 7.20. The van der Waals surface area contributed by atoms with E-state index in [-0.39, 0.29) is 5.91 Å². The van der Waals surface area contributed by atoms with E-state index < -0.39 is 0 Å². The Bertz CT molecular complexity index is 250. The van der Waals surface area contributed by atoms with Crippen LogP contribution in [0.15, 0.2) is 17.6 Å². The number of nitrogens with one attached hydrogen (secondary N) is 1. The Balaban J connectivity index is 3.73. The summed E-state index contributed by atoms with van der Waals surface area (Å²) in [6.45, 7) is 6.32. The van der Waals surface area contributed by atoms with Crippen molar-refractivity contribution < 1.29 is 4.79 Å². The van der Waals surface area contributed by atoms with Crippen LogP contribution < -0.4 is 5.32 Å². The second-order valence-electron chi connectivity index (χ2n) is 2.59. The predicted molar refractivity (Wildman–Crippen MR) is 62.6 cm³/mol. The van der Waals surface area contributed by atoms with Crippen LogP contribution in [0.5, 0.6) is 0 Å². The van der Waals surface area contributed by atoms with Crippen molar-refractivity contribution in [1.29, 1.82) is 0 Å². The number of carbonyl (C=O) groups excluding carboxylic acids is 1. The largest absolute Gasteiger partial charge is 0.351 e. The molecule has 1 N–H and O–H groups in total. The van der Waals surface area contributed by atoms with Gasteiger partial charge in [0, 0.05) is 26.4 Å². The smallest absolute Gasteiger partial charge is 0.243 e. The predicted octanol–water partition coefficient (Wildman–Crippen LogP) is 0.596. The van der Waals surface area contributed by atoms with Gasteiger partial charge in [0.2, 0.25) is 5.91 Å². The minimum Gasteiger partial charge on any atom is -0.351 e. The number of rotatable bonds is 4. The Hall–Kier alpha value is -1.23. The van der Waals surface area contributed by atoms with E-state index >= 15 is 0 Å². The molecule has 1 amide bonds. The van der Waals surface area contributed by atoms with Crippen molar-refractivity contribution in [3.05, 3.63) is 12.7 Å². The molecule has 0 radical (unpaired) electrons. The number of hydrogen-bond donors (Lipinski definition) is 1. The van der Waals surface area contributed by atoms with Gasteiger partial charge < -0.3 is 10.2 Å². The number of thiocarbonyl (C=S) groups is 1. The van der Waals surface area contributed by atoms with Crippen LogP contribution in [0.2, 0.25) is 0 Å². The fourth-order valence-corrected chi connectivity index (χ4v) is 0.920. The molecule has 14 heavy (non-hydrogen) atoms. The minimum absolute atomic E-state index is 0.177. The number of aliphatic imine (C=N–C) groups is 1. The summed E-state index contributed by atoms with van der Waals surface area (Å²) in [4.78, 5) is 16.5. The summed E-state index contributed by atoms with van der Waals surface area (Å²) in [7, 11) is 1.83. The van der Waals surface area contributed by atoms with Crippen LogP contribution in [0.1, 0.15) is 6.92 Å². The van der Waals surface area contributed by atoms with Crippen molar-refractivity contribution in [3.63, 3.8) is 0 Å². The quantitative estimate of drug-likeness (QED) is 0.422. The van der Waals surface area contributed by atoms with Crippen molar-refractivity contribution in [2.24, 2.45) is 4.99 Å². The van der Waals surface area contributed by atoms with Gasteiger partial charge in [0.1, 0.15) is 0 Å². The van der Waals surface area contributed by atoms with Crippen molar-refractivity contribution in [2.75, 3.05) is 20.1 Å². The molecule has 0 spiro atoms. The maximum atomic E-state index is 10.8. The third-order valence-electron chi connectivity index (χ3n) is 1.50. The summed E-state index contributed by atoms with van der Waals surface area (Å²) >= 11 is 4.98. The average molecular weight is 213 g/mol. The number of hydrogen-bond acceptors (Lipinski definition) is 2. The van der Waals surface area contributed by atoms with E-state index in [9.17, 15) is 4.79 Å². The molecule has 0 saturated heterocycles. The van der Waals surface area contributed by atoms with E-state index in [0.717, 1.165) is 0 Å². The summed E-state index contributed by atoms with van der Waals surface area (Å²) in [5.41, 5.74) is 0. The molecule has 5 heteroatoms. The molecular formula is C9H15N3OS. The molecule has 78 valence electrons. The molecule has 0 heterocycles. The van der Waals surface area contributed by atoms with E-state index in [1.54, 1.807) is 18.0 Å². The van der Waals surface area contributed by atoms with Crippen LogP contribution in [0.25, 0.3) is 0 Å². The monoisotopic (exact) mass is 213 g/mol. The Morgan fingerprint density at radius 2 is 2.36 bits per heavy atom. The molecule has 0 rings (SSSR count). The highest BCUT2D eigenvalue weighted by Gasteiger charge is 2.01. The first kappa shape index (κ1) is 12.8. The van der Waals surface area contributed by atoms with Crippen molar-refractivity contribution >= 4 is 29.5 Å². The molecular weight excluding hydrogens is 198 g/mol. The number of carbonyl (C=O) groups is 1. The first-order valence-corrected chi connectivity index (χ1v) is 4.66. The van der Waals surface area contributed by atoms with Gasteiger partial charge in [0.25, 0.3) is 0 Å². The lowest BCUT2D eigenvalue weighted by molar-refractivity contribution is -0.116. The number of amides is 1. The zero-order valence-corrected chi connectivity index (χ0v) is 9.30. The molecule has 0 unspecified atom stereocenters. The summed E-state index contributed by atoms with van der Waals surface area (Å²) in [5.74, 6) is -0.177. The highest BCUT2D eigenvalue weighted by molar-refractivity contribution is 7.80. The highest BCUT2D eigenvalue weighted by Crippen LogP contribution is 1.88. The standard InChI is InChI=1S/C9H15N3OS/c1-4-8(13)11-6-7-12(3)9(14)10-5-2/h4-5H,1,6-7H2,2-3H3,(H,11,13). The first-order chi connectivity index (χ1) is 6.61. The van der Waals surface area contributed by atoms with Crippen molar-refractivity contribution in [3.8, 4) is 0 Å². The van der Waals surface area contributed by atoms with Crippen LogP contribution in [-0.2, 0) is 4.79 Å². The van der Waals surface area contributed by atoms with E-state index in [0.29, 0.717) is 18.2 Å². The molecule has 0 atom stereocenters. The first-order valence-electron chi connectivity index (χ1n) is 4.25. The molecule has 0 aromatic rings. The van der Waals surface area contributed by atoms with Crippen LogP contribution in [0.4, 0.5) is 0 Å². The van der Waals surface area contributed by atoms with E-state index in [1.807, 2.05) is 7.05 Å². The lowest BCUT2D eigenvalue weighted by Gasteiger charge is -2.16. The van der Waals surface area contributed by atoms with Gasteiger partial charge in [-0.25, -0.2) is 4.99 Å².